The Balaban J connectivity index is 2.89. The van der Waals surface area contributed by atoms with E-state index in [-0.39, 0.29) is 5.71 Å². The van der Waals surface area contributed by atoms with Gasteiger partial charge in [0, 0.05) is 5.56 Å². The van der Waals surface area contributed by atoms with Crippen molar-refractivity contribution in [3.05, 3.63) is 48.6 Å². The molecule has 0 heterocycles. The predicted molar refractivity (Wildman–Crippen MR) is 55.6 cm³/mol. The highest BCUT2D eigenvalue weighted by Gasteiger charge is 2.13. The van der Waals surface area contributed by atoms with Gasteiger partial charge in [-0.3, -0.25) is 0 Å². The molecule has 3 heteroatoms. The first-order chi connectivity index (χ1) is 6.79. The van der Waals surface area contributed by atoms with Crippen LogP contribution in [0.15, 0.2) is 48.1 Å². The van der Waals surface area contributed by atoms with Crippen LogP contribution >= 0.6 is 0 Å². The molecule has 1 unspecified atom stereocenters. The molecule has 0 spiro atoms. The molecule has 0 saturated heterocycles. The molecule has 74 valence electrons. The molecule has 14 heavy (non-hydrogen) atoms. The Kier molecular flexibility index (Phi) is 3.88. The van der Waals surface area contributed by atoms with E-state index in [1.807, 2.05) is 18.2 Å². The van der Waals surface area contributed by atoms with E-state index in [4.69, 9.17) is 5.21 Å². The quantitative estimate of drug-likeness (QED) is 0.330. The molecular formula is C11H13NO2. The number of benzene rings is 1. The zero-order valence-corrected chi connectivity index (χ0v) is 7.80. The Morgan fingerprint density at radius 2 is 2.07 bits per heavy atom. The molecule has 0 fully saturated rings. The fourth-order valence-corrected chi connectivity index (χ4v) is 1.20. The summed E-state index contributed by atoms with van der Waals surface area (Å²) in [6.07, 6.45) is 1.15. The maximum atomic E-state index is 9.60. The number of hydrogen-bond acceptors (Lipinski definition) is 3. The molecule has 1 aromatic carbocycles. The Morgan fingerprint density at radius 1 is 1.43 bits per heavy atom. The van der Waals surface area contributed by atoms with Crippen LogP contribution in [0.1, 0.15) is 12.0 Å². The van der Waals surface area contributed by atoms with Crippen molar-refractivity contribution in [2.45, 2.75) is 12.5 Å². The second-order valence-electron chi connectivity index (χ2n) is 2.89. The van der Waals surface area contributed by atoms with Crippen molar-refractivity contribution in [1.82, 2.24) is 0 Å². The van der Waals surface area contributed by atoms with E-state index in [0.717, 1.165) is 0 Å². The van der Waals surface area contributed by atoms with Crippen LogP contribution in [0.4, 0.5) is 0 Å². The molecular weight excluding hydrogens is 178 g/mol. The highest BCUT2D eigenvalue weighted by Crippen LogP contribution is 2.07. The zero-order valence-electron chi connectivity index (χ0n) is 7.80. The normalized spacial score (nSPS) is 13.6. The number of nitrogens with zero attached hydrogens (tertiary/aromatic N) is 1. The van der Waals surface area contributed by atoms with Crippen molar-refractivity contribution >= 4 is 5.71 Å². The summed E-state index contributed by atoms with van der Waals surface area (Å²) in [4.78, 5) is 0. The average molecular weight is 191 g/mol. The Hall–Kier alpha value is -1.61. The van der Waals surface area contributed by atoms with E-state index < -0.39 is 6.10 Å². The summed E-state index contributed by atoms with van der Waals surface area (Å²) in [6, 6.07) is 9.06. The van der Waals surface area contributed by atoms with Gasteiger partial charge in [0.15, 0.2) is 0 Å². The van der Waals surface area contributed by atoms with Gasteiger partial charge in [-0.2, -0.15) is 0 Å². The third kappa shape index (κ3) is 2.44. The summed E-state index contributed by atoms with van der Waals surface area (Å²) >= 11 is 0. The summed E-state index contributed by atoms with van der Waals surface area (Å²) in [5.41, 5.74) is 0.981. The van der Waals surface area contributed by atoms with E-state index >= 15 is 0 Å². The van der Waals surface area contributed by atoms with Crippen molar-refractivity contribution in [2.24, 2.45) is 5.16 Å². The Morgan fingerprint density at radius 3 is 2.57 bits per heavy atom. The fourth-order valence-electron chi connectivity index (χ4n) is 1.20. The maximum absolute atomic E-state index is 9.60. The van der Waals surface area contributed by atoms with Crippen LogP contribution in [-0.2, 0) is 0 Å². The van der Waals surface area contributed by atoms with Crippen LogP contribution in [0, 0.1) is 0 Å². The van der Waals surface area contributed by atoms with Crippen molar-refractivity contribution in [2.75, 3.05) is 0 Å². The minimum absolute atomic E-state index is 0.269. The summed E-state index contributed by atoms with van der Waals surface area (Å²) in [7, 11) is 0. The minimum atomic E-state index is -0.806. The summed E-state index contributed by atoms with van der Waals surface area (Å²) in [5.74, 6) is 0. The molecule has 1 aromatic rings. The van der Waals surface area contributed by atoms with Crippen LogP contribution in [-0.4, -0.2) is 22.1 Å². The molecule has 0 bridgehead atoms. The van der Waals surface area contributed by atoms with Gasteiger partial charge in [0.25, 0.3) is 0 Å². The van der Waals surface area contributed by atoms with Crippen molar-refractivity contribution in [1.29, 1.82) is 0 Å². The van der Waals surface area contributed by atoms with Gasteiger partial charge in [-0.25, -0.2) is 0 Å². The molecule has 0 aromatic heterocycles. The smallest absolute Gasteiger partial charge is 0.116 e. The summed E-state index contributed by atoms with van der Waals surface area (Å²) < 4.78 is 0. The first-order valence-corrected chi connectivity index (χ1v) is 4.36. The van der Waals surface area contributed by atoms with E-state index in [1.165, 1.54) is 0 Å². The molecule has 0 amide bonds. The maximum Gasteiger partial charge on any atom is 0.116 e. The van der Waals surface area contributed by atoms with Crippen LogP contribution in [0.3, 0.4) is 0 Å². The van der Waals surface area contributed by atoms with Gasteiger partial charge in [0.05, 0.1) is 0 Å². The van der Waals surface area contributed by atoms with Gasteiger partial charge in [0.1, 0.15) is 11.8 Å². The lowest BCUT2D eigenvalue weighted by atomic mass is 10.0. The van der Waals surface area contributed by atoms with E-state index in [1.54, 1.807) is 18.2 Å². The SMILES string of the molecule is C=CCC(O)C(=NO)c1ccccc1. The standard InChI is InChI=1S/C11H13NO2/c1-2-6-10(13)11(12-14)9-7-4-3-5-8-9/h2-5,7-8,10,13-14H,1,6H2. The van der Waals surface area contributed by atoms with Crippen molar-refractivity contribution in [3.8, 4) is 0 Å². The zero-order chi connectivity index (χ0) is 10.4. The molecule has 2 N–H and O–H groups in total. The first kappa shape index (κ1) is 10.5. The van der Waals surface area contributed by atoms with E-state index in [9.17, 15) is 5.11 Å². The summed E-state index contributed by atoms with van der Waals surface area (Å²) in [6.45, 7) is 3.51. The second kappa shape index (κ2) is 5.19. The lowest BCUT2D eigenvalue weighted by Crippen LogP contribution is -2.20. The summed E-state index contributed by atoms with van der Waals surface area (Å²) in [5, 5.41) is 21.5. The van der Waals surface area contributed by atoms with Gasteiger partial charge in [-0.1, -0.05) is 41.6 Å². The molecule has 0 aliphatic heterocycles. The number of aliphatic hydroxyl groups excluding tert-OH is 1. The third-order valence-electron chi connectivity index (χ3n) is 1.88. The number of hydrogen-bond donors (Lipinski definition) is 2. The molecule has 1 rings (SSSR count). The lowest BCUT2D eigenvalue weighted by molar-refractivity contribution is 0.234. The fraction of sp³-hybridized carbons (Fsp3) is 0.182. The van der Waals surface area contributed by atoms with Crippen molar-refractivity contribution in [3.63, 3.8) is 0 Å². The van der Waals surface area contributed by atoms with Crippen LogP contribution in [0.5, 0.6) is 0 Å². The second-order valence-corrected chi connectivity index (χ2v) is 2.89. The minimum Gasteiger partial charge on any atom is -0.411 e. The van der Waals surface area contributed by atoms with E-state index in [0.29, 0.717) is 12.0 Å². The molecule has 0 radical (unpaired) electrons. The highest BCUT2D eigenvalue weighted by molar-refractivity contribution is 6.03. The Bertz CT molecular complexity index is 319. The van der Waals surface area contributed by atoms with E-state index in [2.05, 4.69) is 11.7 Å². The number of aliphatic hydroxyl groups is 1. The van der Waals surface area contributed by atoms with Crippen LogP contribution in [0.2, 0.25) is 0 Å². The topological polar surface area (TPSA) is 52.8 Å². The first-order valence-electron chi connectivity index (χ1n) is 4.36. The van der Waals surface area contributed by atoms with Gasteiger partial charge >= 0.3 is 0 Å². The van der Waals surface area contributed by atoms with Crippen LogP contribution < -0.4 is 0 Å². The molecule has 0 aliphatic carbocycles. The van der Waals surface area contributed by atoms with Gasteiger partial charge in [-0.05, 0) is 6.42 Å². The molecule has 1 atom stereocenters. The predicted octanol–water partition coefficient (Wildman–Crippen LogP) is 1.80. The monoisotopic (exact) mass is 191 g/mol. The Labute approximate surface area is 83.0 Å². The number of oxime groups is 1. The largest absolute Gasteiger partial charge is 0.411 e. The van der Waals surface area contributed by atoms with Gasteiger partial charge < -0.3 is 10.3 Å². The van der Waals surface area contributed by atoms with Crippen molar-refractivity contribution < 1.29 is 10.3 Å². The molecule has 0 saturated carbocycles. The van der Waals surface area contributed by atoms with Gasteiger partial charge in [-0.15, -0.1) is 6.58 Å². The molecule has 3 nitrogen and oxygen atoms in total. The lowest BCUT2D eigenvalue weighted by Gasteiger charge is -2.09. The van der Waals surface area contributed by atoms with Crippen LogP contribution in [0.25, 0.3) is 0 Å². The average Bonchev–Trinajstić information content (AvgIpc) is 2.21. The highest BCUT2D eigenvalue weighted by atomic mass is 16.4. The molecule has 0 aliphatic rings. The third-order valence-corrected chi connectivity index (χ3v) is 1.88. The number of rotatable bonds is 4. The van der Waals surface area contributed by atoms with Gasteiger partial charge in [0.2, 0.25) is 0 Å².